The first-order chi connectivity index (χ1) is 16.0. The van der Waals surface area contributed by atoms with Gasteiger partial charge in [-0.15, -0.1) is 11.3 Å². The summed E-state index contributed by atoms with van der Waals surface area (Å²) in [5, 5.41) is 2.05. The van der Waals surface area contributed by atoms with E-state index in [1.807, 2.05) is 23.1 Å². The number of hydrogen-bond donors (Lipinski definition) is 0. The van der Waals surface area contributed by atoms with Crippen LogP contribution in [-0.4, -0.2) is 53.5 Å². The van der Waals surface area contributed by atoms with Crippen molar-refractivity contribution in [1.82, 2.24) is 14.3 Å². The molecule has 5 rings (SSSR count). The molecule has 0 bridgehead atoms. The molecule has 0 aliphatic carbocycles. The minimum absolute atomic E-state index is 0.168. The van der Waals surface area contributed by atoms with Gasteiger partial charge in [0.05, 0.1) is 19.2 Å². The topological polar surface area (TPSA) is 50.1 Å². The van der Waals surface area contributed by atoms with Crippen molar-refractivity contribution in [3.8, 4) is 17.0 Å². The van der Waals surface area contributed by atoms with Crippen LogP contribution in [0.1, 0.15) is 16.8 Å². The highest BCUT2D eigenvalue weighted by Gasteiger charge is 2.23. The summed E-state index contributed by atoms with van der Waals surface area (Å²) in [7, 11) is 1.68. The molecule has 1 saturated heterocycles. The van der Waals surface area contributed by atoms with Gasteiger partial charge in [-0.3, -0.25) is 9.20 Å². The number of methoxy groups -OCH3 is 1. The molecule has 170 valence electrons. The Labute approximate surface area is 198 Å². The highest BCUT2D eigenvalue weighted by atomic mass is 32.1. The summed E-state index contributed by atoms with van der Waals surface area (Å²) in [4.78, 5) is 23.1. The van der Waals surface area contributed by atoms with Crippen LogP contribution in [0.2, 0.25) is 0 Å². The van der Waals surface area contributed by atoms with Gasteiger partial charge in [0.25, 0.3) is 0 Å². The van der Waals surface area contributed by atoms with Crippen molar-refractivity contribution in [1.29, 1.82) is 0 Å². The summed E-state index contributed by atoms with van der Waals surface area (Å²) in [6.07, 6.45) is 2.45. The van der Waals surface area contributed by atoms with E-state index in [0.717, 1.165) is 59.5 Å². The summed E-state index contributed by atoms with van der Waals surface area (Å²) < 4.78 is 7.41. The maximum atomic E-state index is 13.1. The molecule has 1 amide bonds. The van der Waals surface area contributed by atoms with Crippen LogP contribution in [0.3, 0.4) is 0 Å². The first kappa shape index (κ1) is 21.5. The van der Waals surface area contributed by atoms with Crippen molar-refractivity contribution >= 4 is 27.9 Å². The highest BCUT2D eigenvalue weighted by Crippen LogP contribution is 2.26. The number of imidazole rings is 1. The maximum Gasteiger partial charge on any atom is 0.228 e. The number of carbonyl (C=O) groups excluding carboxylic acids is 1. The van der Waals surface area contributed by atoms with Gasteiger partial charge in [0, 0.05) is 60.8 Å². The van der Waals surface area contributed by atoms with E-state index in [1.54, 1.807) is 18.4 Å². The molecule has 0 saturated carbocycles. The number of hydrogen-bond acceptors (Lipinski definition) is 5. The molecule has 4 aromatic rings. The molecule has 2 aromatic carbocycles. The summed E-state index contributed by atoms with van der Waals surface area (Å²) in [6, 6.07) is 14.5. The third-order valence-electron chi connectivity index (χ3n) is 6.47. The molecule has 7 heteroatoms. The molecule has 6 nitrogen and oxygen atoms in total. The number of rotatable bonds is 5. The number of amides is 1. The van der Waals surface area contributed by atoms with E-state index in [2.05, 4.69) is 59.0 Å². The standard InChI is InChI=1S/C26H28N4O2S/c1-18-7-8-20(13-19(18)2)24-16-30-22(17-33-26(30)27-24)15-25(31)29-11-9-28(10-12-29)21-5-4-6-23(14-21)32-3/h4-8,13-14,16-17H,9-12,15H2,1-3H3. The van der Waals surface area contributed by atoms with Crippen LogP contribution in [-0.2, 0) is 11.2 Å². The molecule has 0 spiro atoms. The van der Waals surface area contributed by atoms with E-state index in [-0.39, 0.29) is 5.91 Å². The zero-order valence-corrected chi connectivity index (χ0v) is 20.1. The molecule has 0 atom stereocenters. The second-order valence-corrected chi connectivity index (χ2v) is 9.39. The molecule has 0 N–H and O–H groups in total. The summed E-state index contributed by atoms with van der Waals surface area (Å²) in [5.74, 6) is 1.02. The number of nitrogens with zero attached hydrogens (tertiary/aromatic N) is 4. The molecule has 3 heterocycles. The molecule has 2 aromatic heterocycles. The summed E-state index contributed by atoms with van der Waals surface area (Å²) >= 11 is 1.59. The Morgan fingerprint density at radius 1 is 1.06 bits per heavy atom. The SMILES string of the molecule is COc1cccc(N2CCN(C(=O)Cc3csc4nc(-c5ccc(C)c(C)c5)cn34)CC2)c1. The van der Waals surface area contributed by atoms with E-state index >= 15 is 0 Å². The van der Waals surface area contributed by atoms with Crippen molar-refractivity contribution in [2.75, 3.05) is 38.2 Å². The Bertz CT molecular complexity index is 1300. The first-order valence-electron chi connectivity index (χ1n) is 11.2. The average molecular weight is 461 g/mol. The zero-order chi connectivity index (χ0) is 22.9. The van der Waals surface area contributed by atoms with Crippen LogP contribution in [0.5, 0.6) is 5.75 Å². The Kier molecular flexibility index (Phi) is 5.81. The van der Waals surface area contributed by atoms with Crippen molar-refractivity contribution in [2.24, 2.45) is 0 Å². The number of anilines is 1. The average Bonchev–Trinajstić information content (AvgIpc) is 3.43. The lowest BCUT2D eigenvalue weighted by molar-refractivity contribution is -0.130. The lowest BCUT2D eigenvalue weighted by atomic mass is 10.0. The molecule has 0 unspecified atom stereocenters. The lowest BCUT2D eigenvalue weighted by Crippen LogP contribution is -2.49. The zero-order valence-electron chi connectivity index (χ0n) is 19.2. The van der Waals surface area contributed by atoms with E-state index in [0.29, 0.717) is 6.42 Å². The summed E-state index contributed by atoms with van der Waals surface area (Å²) in [6.45, 7) is 7.32. The number of benzene rings is 2. The molecule has 1 fully saturated rings. The predicted octanol–water partition coefficient (Wildman–Crippen LogP) is 4.58. The van der Waals surface area contributed by atoms with Crippen molar-refractivity contribution < 1.29 is 9.53 Å². The molecular formula is C26H28N4O2S. The second-order valence-electron chi connectivity index (χ2n) is 8.55. The molecule has 0 radical (unpaired) electrons. The lowest BCUT2D eigenvalue weighted by Gasteiger charge is -2.36. The van der Waals surface area contributed by atoms with Crippen LogP contribution in [0, 0.1) is 13.8 Å². The van der Waals surface area contributed by atoms with Gasteiger partial charge in [-0.25, -0.2) is 4.98 Å². The fourth-order valence-electron chi connectivity index (χ4n) is 4.28. The summed E-state index contributed by atoms with van der Waals surface area (Å²) in [5.41, 5.74) is 6.73. The minimum atomic E-state index is 0.168. The van der Waals surface area contributed by atoms with Gasteiger partial charge < -0.3 is 14.5 Å². The van der Waals surface area contributed by atoms with Crippen LogP contribution in [0.4, 0.5) is 5.69 Å². The molecule has 33 heavy (non-hydrogen) atoms. The van der Waals surface area contributed by atoms with Gasteiger partial charge >= 0.3 is 0 Å². The van der Waals surface area contributed by atoms with Crippen LogP contribution in [0.25, 0.3) is 16.2 Å². The van der Waals surface area contributed by atoms with E-state index in [4.69, 9.17) is 9.72 Å². The quantitative estimate of drug-likeness (QED) is 0.438. The number of aryl methyl sites for hydroxylation is 2. The largest absolute Gasteiger partial charge is 0.497 e. The highest BCUT2D eigenvalue weighted by molar-refractivity contribution is 7.15. The smallest absolute Gasteiger partial charge is 0.228 e. The van der Waals surface area contributed by atoms with Gasteiger partial charge in [0.2, 0.25) is 5.91 Å². The third-order valence-corrected chi connectivity index (χ3v) is 7.36. The Hall–Kier alpha value is -3.32. The van der Waals surface area contributed by atoms with Crippen LogP contribution < -0.4 is 9.64 Å². The monoisotopic (exact) mass is 460 g/mol. The number of ether oxygens (including phenoxy) is 1. The van der Waals surface area contributed by atoms with Crippen molar-refractivity contribution in [3.05, 3.63) is 70.9 Å². The Balaban J connectivity index is 1.26. The second kappa shape index (κ2) is 8.90. The maximum absolute atomic E-state index is 13.1. The molecular weight excluding hydrogens is 432 g/mol. The minimum Gasteiger partial charge on any atom is -0.497 e. The number of aromatic nitrogens is 2. The van der Waals surface area contributed by atoms with Gasteiger partial charge in [0.1, 0.15) is 5.75 Å². The Morgan fingerprint density at radius 2 is 1.88 bits per heavy atom. The van der Waals surface area contributed by atoms with E-state index in [1.165, 1.54) is 11.1 Å². The Morgan fingerprint density at radius 3 is 2.64 bits per heavy atom. The van der Waals surface area contributed by atoms with E-state index < -0.39 is 0 Å². The fraction of sp³-hybridized carbons (Fsp3) is 0.308. The van der Waals surface area contributed by atoms with Gasteiger partial charge in [-0.2, -0.15) is 0 Å². The van der Waals surface area contributed by atoms with Crippen LogP contribution in [0.15, 0.2) is 54.0 Å². The fourth-order valence-corrected chi connectivity index (χ4v) is 5.16. The number of thiazole rings is 1. The van der Waals surface area contributed by atoms with Crippen molar-refractivity contribution in [2.45, 2.75) is 20.3 Å². The molecule has 1 aliphatic rings. The predicted molar refractivity (Wildman–Crippen MR) is 133 cm³/mol. The van der Waals surface area contributed by atoms with Gasteiger partial charge in [-0.1, -0.05) is 18.2 Å². The van der Waals surface area contributed by atoms with Crippen molar-refractivity contribution in [3.63, 3.8) is 0 Å². The first-order valence-corrected chi connectivity index (χ1v) is 12.1. The molecule has 1 aliphatic heterocycles. The van der Waals surface area contributed by atoms with E-state index in [9.17, 15) is 4.79 Å². The van der Waals surface area contributed by atoms with Crippen LogP contribution >= 0.6 is 11.3 Å². The number of carbonyl (C=O) groups is 1. The van der Waals surface area contributed by atoms with Gasteiger partial charge in [-0.05, 0) is 43.2 Å². The number of fused-ring (bicyclic) bond motifs is 1. The van der Waals surface area contributed by atoms with Gasteiger partial charge in [0.15, 0.2) is 4.96 Å². The number of piperazine rings is 1. The normalized spacial score (nSPS) is 14.2. The third kappa shape index (κ3) is 4.33.